The van der Waals surface area contributed by atoms with E-state index in [4.69, 9.17) is 4.74 Å². The number of sulfone groups is 1. The standard InChI is InChI=1S/C29H33FN2O4S/c1-32-15-3-2-4-16-36-28-13-8-24(20-25(28)19-22-6-5-7-23(18-22)21-32)29(33)31-14-17-37(34,35)27-11-9-26(30)10-12-27/h5-13,18,20H,2-4,14-17,19,21H2,1H3,(H,31,33). The van der Waals surface area contributed by atoms with Crippen molar-refractivity contribution in [2.75, 3.05) is 32.5 Å². The van der Waals surface area contributed by atoms with Crippen LogP contribution in [-0.2, 0) is 22.8 Å². The number of rotatable bonds is 5. The van der Waals surface area contributed by atoms with Crippen LogP contribution in [0.25, 0.3) is 0 Å². The number of hydrogen-bond acceptors (Lipinski definition) is 5. The van der Waals surface area contributed by atoms with E-state index in [1.165, 1.54) is 17.7 Å². The molecule has 3 aromatic rings. The first-order chi connectivity index (χ1) is 17.8. The predicted octanol–water partition coefficient (Wildman–Crippen LogP) is 4.61. The molecule has 1 aliphatic heterocycles. The second-order valence-corrected chi connectivity index (χ2v) is 11.6. The maximum absolute atomic E-state index is 13.1. The lowest BCUT2D eigenvalue weighted by atomic mass is 9.99. The van der Waals surface area contributed by atoms with Crippen LogP contribution in [-0.4, -0.2) is 51.7 Å². The molecule has 8 heteroatoms. The van der Waals surface area contributed by atoms with E-state index < -0.39 is 15.7 Å². The summed E-state index contributed by atoms with van der Waals surface area (Å²) in [7, 11) is -1.50. The summed E-state index contributed by atoms with van der Waals surface area (Å²) in [5.41, 5.74) is 3.74. The lowest BCUT2D eigenvalue weighted by molar-refractivity contribution is 0.0956. The smallest absolute Gasteiger partial charge is 0.251 e. The average Bonchev–Trinajstić information content (AvgIpc) is 2.86. The molecule has 1 N–H and O–H groups in total. The van der Waals surface area contributed by atoms with Gasteiger partial charge in [-0.2, -0.15) is 0 Å². The fourth-order valence-electron chi connectivity index (χ4n) is 4.45. The molecule has 196 valence electrons. The Morgan fingerprint density at radius 3 is 2.59 bits per heavy atom. The van der Waals surface area contributed by atoms with Crippen molar-refractivity contribution >= 4 is 15.7 Å². The zero-order chi connectivity index (χ0) is 26.3. The van der Waals surface area contributed by atoms with E-state index in [1.807, 2.05) is 12.1 Å². The molecule has 0 saturated carbocycles. The summed E-state index contributed by atoms with van der Waals surface area (Å²) in [6.45, 7) is 2.50. The van der Waals surface area contributed by atoms with Gasteiger partial charge in [0.15, 0.2) is 9.84 Å². The number of halogens is 1. The van der Waals surface area contributed by atoms with Crippen molar-refractivity contribution in [2.24, 2.45) is 0 Å². The van der Waals surface area contributed by atoms with E-state index in [1.54, 1.807) is 6.07 Å². The Morgan fingerprint density at radius 2 is 1.78 bits per heavy atom. The molecule has 0 radical (unpaired) electrons. The Balaban J connectivity index is 1.47. The van der Waals surface area contributed by atoms with Crippen molar-refractivity contribution in [3.8, 4) is 5.75 Å². The third-order valence-electron chi connectivity index (χ3n) is 6.43. The molecule has 0 atom stereocenters. The zero-order valence-corrected chi connectivity index (χ0v) is 21.9. The summed E-state index contributed by atoms with van der Waals surface area (Å²) in [4.78, 5) is 15.2. The minimum atomic E-state index is -3.64. The van der Waals surface area contributed by atoms with Gasteiger partial charge in [-0.1, -0.05) is 24.3 Å². The van der Waals surface area contributed by atoms with Gasteiger partial charge in [-0.15, -0.1) is 0 Å². The molecule has 0 aromatic heterocycles. The Labute approximate surface area is 218 Å². The molecule has 1 aliphatic rings. The number of ether oxygens (including phenoxy) is 1. The second kappa shape index (κ2) is 12.3. The summed E-state index contributed by atoms with van der Waals surface area (Å²) in [5.74, 6) is -0.376. The third-order valence-corrected chi connectivity index (χ3v) is 8.16. The average molecular weight is 525 g/mol. The molecule has 1 heterocycles. The van der Waals surface area contributed by atoms with Crippen molar-refractivity contribution in [3.63, 3.8) is 0 Å². The predicted molar refractivity (Wildman–Crippen MR) is 142 cm³/mol. The largest absolute Gasteiger partial charge is 0.493 e. The van der Waals surface area contributed by atoms with Crippen molar-refractivity contribution in [2.45, 2.75) is 37.1 Å². The Kier molecular flexibility index (Phi) is 8.95. The Morgan fingerprint density at radius 1 is 1.00 bits per heavy atom. The van der Waals surface area contributed by atoms with Crippen LogP contribution in [0.2, 0.25) is 0 Å². The van der Waals surface area contributed by atoms with Crippen LogP contribution in [0.5, 0.6) is 5.75 Å². The molecule has 2 bridgehead atoms. The molecular formula is C29H33FN2O4S. The highest BCUT2D eigenvalue weighted by molar-refractivity contribution is 7.91. The lowest BCUT2D eigenvalue weighted by Crippen LogP contribution is -2.29. The van der Waals surface area contributed by atoms with Crippen LogP contribution in [0.4, 0.5) is 4.39 Å². The van der Waals surface area contributed by atoms with Gasteiger partial charge in [0.05, 0.1) is 17.3 Å². The summed E-state index contributed by atoms with van der Waals surface area (Å²) < 4.78 is 44.2. The Bertz CT molecular complexity index is 1330. The molecule has 6 nitrogen and oxygen atoms in total. The van der Waals surface area contributed by atoms with Crippen LogP contribution in [0.3, 0.4) is 0 Å². The highest BCUT2D eigenvalue weighted by atomic mass is 32.2. The zero-order valence-electron chi connectivity index (χ0n) is 21.1. The highest BCUT2D eigenvalue weighted by Crippen LogP contribution is 2.25. The van der Waals surface area contributed by atoms with Crippen LogP contribution >= 0.6 is 0 Å². The number of benzene rings is 3. The van der Waals surface area contributed by atoms with Gasteiger partial charge in [-0.05, 0) is 92.0 Å². The number of nitrogens with one attached hydrogen (secondary N) is 1. The highest BCUT2D eigenvalue weighted by Gasteiger charge is 2.17. The fraction of sp³-hybridized carbons (Fsp3) is 0.345. The third kappa shape index (κ3) is 7.63. The van der Waals surface area contributed by atoms with E-state index >= 15 is 0 Å². The van der Waals surface area contributed by atoms with Crippen LogP contribution in [0.1, 0.15) is 46.3 Å². The molecule has 1 amide bonds. The number of carbonyl (C=O) groups is 1. The van der Waals surface area contributed by atoms with Crippen LogP contribution < -0.4 is 10.1 Å². The molecule has 37 heavy (non-hydrogen) atoms. The summed E-state index contributed by atoms with van der Waals surface area (Å²) in [6, 6.07) is 18.5. The quantitative estimate of drug-likeness (QED) is 0.493. The van der Waals surface area contributed by atoms with E-state index in [2.05, 4.69) is 41.5 Å². The molecule has 0 unspecified atom stereocenters. The van der Waals surface area contributed by atoms with Gasteiger partial charge in [0.2, 0.25) is 0 Å². The first-order valence-electron chi connectivity index (χ1n) is 12.6. The van der Waals surface area contributed by atoms with Crippen molar-refractivity contribution < 1.29 is 22.3 Å². The van der Waals surface area contributed by atoms with Gasteiger partial charge in [0.1, 0.15) is 11.6 Å². The first-order valence-corrected chi connectivity index (χ1v) is 14.2. The van der Waals surface area contributed by atoms with E-state index in [9.17, 15) is 17.6 Å². The van der Waals surface area contributed by atoms with Gasteiger partial charge >= 0.3 is 0 Å². The van der Waals surface area contributed by atoms with Crippen molar-refractivity contribution in [1.29, 1.82) is 0 Å². The monoisotopic (exact) mass is 524 g/mol. The number of fused-ring (bicyclic) bond motifs is 3. The number of nitrogens with zero attached hydrogens (tertiary/aromatic N) is 1. The second-order valence-electron chi connectivity index (χ2n) is 9.49. The maximum Gasteiger partial charge on any atom is 0.251 e. The normalized spacial score (nSPS) is 15.2. The molecule has 0 saturated heterocycles. The number of carbonyl (C=O) groups excluding carboxylic acids is 1. The molecule has 0 aliphatic carbocycles. The van der Waals surface area contributed by atoms with E-state index in [0.717, 1.165) is 61.4 Å². The van der Waals surface area contributed by atoms with Crippen molar-refractivity contribution in [3.05, 3.63) is 94.8 Å². The maximum atomic E-state index is 13.1. The van der Waals surface area contributed by atoms with Gasteiger partial charge in [0, 0.05) is 25.1 Å². The van der Waals surface area contributed by atoms with Gasteiger partial charge in [0.25, 0.3) is 5.91 Å². The minimum absolute atomic E-state index is 0.0278. The van der Waals surface area contributed by atoms with Crippen molar-refractivity contribution in [1.82, 2.24) is 10.2 Å². The molecular weight excluding hydrogens is 491 g/mol. The summed E-state index contributed by atoms with van der Waals surface area (Å²) >= 11 is 0. The topological polar surface area (TPSA) is 75.7 Å². The van der Waals surface area contributed by atoms with Crippen LogP contribution in [0, 0.1) is 5.82 Å². The first kappa shape index (κ1) is 26.8. The van der Waals surface area contributed by atoms with Gasteiger partial charge < -0.3 is 15.0 Å². The SMILES string of the molecule is CN1CCCCCOc2ccc(C(=O)NCCS(=O)(=O)c3ccc(F)cc3)cc2Cc2cccc(c2)C1. The minimum Gasteiger partial charge on any atom is -0.493 e. The lowest BCUT2D eigenvalue weighted by Gasteiger charge is -2.19. The van der Waals surface area contributed by atoms with E-state index in [-0.39, 0.29) is 23.1 Å². The molecule has 3 aromatic carbocycles. The molecule has 0 fully saturated rings. The number of hydrogen-bond donors (Lipinski definition) is 1. The molecule has 0 spiro atoms. The Hall–Kier alpha value is -3.23. The fourth-order valence-corrected chi connectivity index (χ4v) is 5.61. The van der Waals surface area contributed by atoms with Gasteiger partial charge in [-0.3, -0.25) is 4.79 Å². The summed E-state index contributed by atoms with van der Waals surface area (Å²) in [5, 5.41) is 2.70. The number of amides is 1. The summed E-state index contributed by atoms with van der Waals surface area (Å²) in [6.07, 6.45) is 3.78. The van der Waals surface area contributed by atoms with Crippen LogP contribution in [0.15, 0.2) is 71.6 Å². The van der Waals surface area contributed by atoms with E-state index in [0.29, 0.717) is 18.6 Å². The van der Waals surface area contributed by atoms with Gasteiger partial charge in [-0.25, -0.2) is 12.8 Å². The molecule has 4 rings (SSSR count).